The van der Waals surface area contributed by atoms with Crippen LogP contribution < -0.4 is 4.74 Å². The lowest BCUT2D eigenvalue weighted by Crippen LogP contribution is -2.06. The van der Waals surface area contributed by atoms with Gasteiger partial charge in [-0.25, -0.2) is 8.42 Å². The first-order valence-corrected chi connectivity index (χ1v) is 12.3. The molecule has 0 unspecified atom stereocenters. The van der Waals surface area contributed by atoms with E-state index >= 15 is 0 Å². The van der Waals surface area contributed by atoms with Gasteiger partial charge < -0.3 is 4.74 Å². The van der Waals surface area contributed by atoms with Gasteiger partial charge in [-0.1, -0.05) is 82.9 Å². The van der Waals surface area contributed by atoms with Gasteiger partial charge in [0.05, 0.1) is 10.6 Å². The molecular formula is C24H34O3S. The third kappa shape index (κ3) is 8.47. The van der Waals surface area contributed by atoms with Crippen molar-refractivity contribution in [1.82, 2.24) is 0 Å². The van der Waals surface area contributed by atoms with E-state index in [4.69, 9.17) is 4.74 Å². The summed E-state index contributed by atoms with van der Waals surface area (Å²) >= 11 is 0. The summed E-state index contributed by atoms with van der Waals surface area (Å²) in [4.78, 5) is 0.379. The predicted octanol–water partition coefficient (Wildman–Crippen LogP) is 7.17. The van der Waals surface area contributed by atoms with Crippen molar-refractivity contribution >= 4 is 9.84 Å². The zero-order chi connectivity index (χ0) is 20.1. The SMILES string of the molecule is CCCCCCCCCCCCS(=O)(=O)c1ccc(Oc2ccccc2)cc1. The molecular weight excluding hydrogens is 368 g/mol. The Bertz CT molecular complexity index is 752. The quantitative estimate of drug-likeness (QED) is 0.314. The van der Waals surface area contributed by atoms with Gasteiger partial charge in [-0.3, -0.25) is 0 Å². The summed E-state index contributed by atoms with van der Waals surface area (Å²) in [6.07, 6.45) is 12.0. The Labute approximate surface area is 171 Å². The Kier molecular flexibility index (Phi) is 10.1. The van der Waals surface area contributed by atoms with E-state index in [0.29, 0.717) is 10.6 Å². The Morgan fingerprint density at radius 1 is 0.643 bits per heavy atom. The number of para-hydroxylation sites is 1. The molecule has 0 atom stereocenters. The van der Waals surface area contributed by atoms with Crippen LogP contribution in [0.5, 0.6) is 11.5 Å². The molecule has 0 N–H and O–H groups in total. The van der Waals surface area contributed by atoms with Crippen LogP contribution in [0.1, 0.15) is 71.1 Å². The highest BCUT2D eigenvalue weighted by Gasteiger charge is 2.14. The maximum absolute atomic E-state index is 12.5. The van der Waals surface area contributed by atoms with Gasteiger partial charge in [0.25, 0.3) is 0 Å². The molecule has 0 aromatic heterocycles. The molecule has 2 aromatic carbocycles. The van der Waals surface area contributed by atoms with Crippen LogP contribution >= 0.6 is 0 Å². The third-order valence-electron chi connectivity index (χ3n) is 4.93. The molecule has 0 radical (unpaired) electrons. The predicted molar refractivity (Wildman–Crippen MR) is 117 cm³/mol. The second-order valence-electron chi connectivity index (χ2n) is 7.39. The highest BCUT2D eigenvalue weighted by Crippen LogP contribution is 2.23. The zero-order valence-corrected chi connectivity index (χ0v) is 17.9. The fourth-order valence-corrected chi connectivity index (χ4v) is 4.61. The molecule has 154 valence electrons. The van der Waals surface area contributed by atoms with Gasteiger partial charge in [-0.05, 0) is 42.8 Å². The van der Waals surface area contributed by atoms with Crippen molar-refractivity contribution in [3.63, 3.8) is 0 Å². The lowest BCUT2D eigenvalue weighted by molar-refractivity contribution is 0.482. The molecule has 0 bridgehead atoms. The Morgan fingerprint density at radius 2 is 1.14 bits per heavy atom. The molecule has 0 aliphatic rings. The number of benzene rings is 2. The van der Waals surface area contributed by atoms with Crippen molar-refractivity contribution < 1.29 is 13.2 Å². The standard InChI is InChI=1S/C24H34O3S/c1-2-3-4-5-6-7-8-9-10-14-21-28(25,26)24-19-17-23(18-20-24)27-22-15-12-11-13-16-22/h11-13,15-20H,2-10,14,21H2,1H3. The topological polar surface area (TPSA) is 43.4 Å². The van der Waals surface area contributed by atoms with Crippen LogP contribution in [0.3, 0.4) is 0 Å². The average Bonchev–Trinajstić information content (AvgIpc) is 2.70. The summed E-state index contributed by atoms with van der Waals surface area (Å²) in [5, 5.41) is 0. The van der Waals surface area contributed by atoms with Crippen LogP contribution in [0.15, 0.2) is 59.5 Å². The van der Waals surface area contributed by atoms with E-state index in [-0.39, 0.29) is 5.75 Å². The van der Waals surface area contributed by atoms with Crippen molar-refractivity contribution in [3.05, 3.63) is 54.6 Å². The van der Waals surface area contributed by atoms with Gasteiger partial charge in [0.15, 0.2) is 9.84 Å². The normalized spacial score (nSPS) is 11.5. The monoisotopic (exact) mass is 402 g/mol. The first kappa shape index (κ1) is 22.5. The first-order chi connectivity index (χ1) is 13.6. The molecule has 0 amide bonds. The summed E-state index contributed by atoms with van der Waals surface area (Å²) in [5.41, 5.74) is 0. The average molecular weight is 403 g/mol. The zero-order valence-electron chi connectivity index (χ0n) is 17.1. The van der Waals surface area contributed by atoms with Gasteiger partial charge in [0.1, 0.15) is 11.5 Å². The molecule has 0 aliphatic heterocycles. The molecule has 0 spiro atoms. The van der Waals surface area contributed by atoms with Gasteiger partial charge in [0, 0.05) is 0 Å². The third-order valence-corrected chi connectivity index (χ3v) is 6.74. The molecule has 0 heterocycles. The molecule has 0 saturated heterocycles. The maximum Gasteiger partial charge on any atom is 0.178 e. The minimum absolute atomic E-state index is 0.225. The highest BCUT2D eigenvalue weighted by atomic mass is 32.2. The lowest BCUT2D eigenvalue weighted by atomic mass is 10.1. The highest BCUT2D eigenvalue weighted by molar-refractivity contribution is 7.91. The molecule has 3 nitrogen and oxygen atoms in total. The first-order valence-electron chi connectivity index (χ1n) is 10.7. The van der Waals surface area contributed by atoms with Crippen LogP contribution in [0, 0.1) is 0 Å². The second-order valence-corrected chi connectivity index (χ2v) is 9.50. The molecule has 0 saturated carbocycles. The Hall–Kier alpha value is -1.81. The smallest absolute Gasteiger partial charge is 0.178 e. The summed E-state index contributed by atoms with van der Waals surface area (Å²) in [5.74, 6) is 1.61. The largest absolute Gasteiger partial charge is 0.457 e. The number of hydrogen-bond donors (Lipinski definition) is 0. The van der Waals surface area contributed by atoms with E-state index in [1.54, 1.807) is 24.3 Å². The van der Waals surface area contributed by atoms with Crippen LogP contribution in [0.2, 0.25) is 0 Å². The number of sulfone groups is 1. The van der Waals surface area contributed by atoms with E-state index in [1.807, 2.05) is 30.3 Å². The van der Waals surface area contributed by atoms with Crippen molar-refractivity contribution in [2.24, 2.45) is 0 Å². The summed E-state index contributed by atoms with van der Waals surface area (Å²) in [7, 11) is -3.21. The maximum atomic E-state index is 12.5. The minimum atomic E-state index is -3.21. The van der Waals surface area contributed by atoms with Gasteiger partial charge >= 0.3 is 0 Å². The van der Waals surface area contributed by atoms with E-state index in [0.717, 1.165) is 25.0 Å². The number of unbranched alkanes of at least 4 members (excludes halogenated alkanes) is 9. The Morgan fingerprint density at radius 3 is 1.71 bits per heavy atom. The minimum Gasteiger partial charge on any atom is -0.457 e. The summed E-state index contributed by atoms with van der Waals surface area (Å²) in [6.45, 7) is 2.24. The van der Waals surface area contributed by atoms with Crippen LogP contribution in [-0.4, -0.2) is 14.2 Å². The van der Waals surface area contributed by atoms with E-state index < -0.39 is 9.84 Å². The molecule has 28 heavy (non-hydrogen) atoms. The fourth-order valence-electron chi connectivity index (χ4n) is 3.24. The molecule has 2 rings (SSSR count). The van der Waals surface area contributed by atoms with Crippen molar-refractivity contribution in [2.75, 3.05) is 5.75 Å². The van der Waals surface area contributed by atoms with E-state index in [9.17, 15) is 8.42 Å². The molecule has 4 heteroatoms. The molecule has 0 fully saturated rings. The van der Waals surface area contributed by atoms with Crippen LogP contribution in [-0.2, 0) is 9.84 Å². The van der Waals surface area contributed by atoms with E-state index in [2.05, 4.69) is 6.92 Å². The number of ether oxygens (including phenoxy) is 1. The fraction of sp³-hybridized carbons (Fsp3) is 0.500. The van der Waals surface area contributed by atoms with Crippen molar-refractivity contribution in [2.45, 2.75) is 76.0 Å². The van der Waals surface area contributed by atoms with Crippen molar-refractivity contribution in [3.8, 4) is 11.5 Å². The Balaban J connectivity index is 1.66. The molecule has 2 aromatic rings. The second kappa shape index (κ2) is 12.6. The number of rotatable bonds is 14. The van der Waals surface area contributed by atoms with Gasteiger partial charge in [-0.15, -0.1) is 0 Å². The summed E-state index contributed by atoms with van der Waals surface area (Å²) < 4.78 is 30.7. The lowest BCUT2D eigenvalue weighted by Gasteiger charge is -2.08. The molecule has 0 aliphatic carbocycles. The van der Waals surface area contributed by atoms with Crippen molar-refractivity contribution in [1.29, 1.82) is 0 Å². The van der Waals surface area contributed by atoms with Crippen LogP contribution in [0.4, 0.5) is 0 Å². The summed E-state index contributed by atoms with van der Waals surface area (Å²) in [6, 6.07) is 16.2. The van der Waals surface area contributed by atoms with Gasteiger partial charge in [-0.2, -0.15) is 0 Å². The number of hydrogen-bond acceptors (Lipinski definition) is 3. The van der Waals surface area contributed by atoms with E-state index in [1.165, 1.54) is 44.9 Å². The van der Waals surface area contributed by atoms with Crippen LogP contribution in [0.25, 0.3) is 0 Å². The van der Waals surface area contributed by atoms with Gasteiger partial charge in [0.2, 0.25) is 0 Å².